The Bertz CT molecular complexity index is 392. The normalized spacial score (nSPS) is 24.4. The molecule has 1 aliphatic heterocycles. The average Bonchev–Trinajstić information content (AvgIpc) is 2.95. The van der Waals surface area contributed by atoms with Gasteiger partial charge in [-0.1, -0.05) is 6.42 Å². The molecule has 1 unspecified atom stereocenters. The lowest BCUT2D eigenvalue weighted by atomic mass is 10.0. The van der Waals surface area contributed by atoms with Crippen LogP contribution in [0.2, 0.25) is 0 Å². The summed E-state index contributed by atoms with van der Waals surface area (Å²) in [5.74, 6) is 0.442. The second-order valence-electron chi connectivity index (χ2n) is 5.04. The first-order valence-corrected chi connectivity index (χ1v) is 7.40. The van der Waals surface area contributed by atoms with Crippen LogP contribution < -0.4 is 0 Å². The van der Waals surface area contributed by atoms with Gasteiger partial charge in [-0.05, 0) is 43.7 Å². The molecule has 17 heavy (non-hydrogen) atoms. The molecule has 0 aromatic carbocycles. The van der Waals surface area contributed by atoms with Crippen molar-refractivity contribution >= 4 is 17.1 Å². The Labute approximate surface area is 106 Å². The van der Waals surface area contributed by atoms with Crippen molar-refractivity contribution in [1.29, 1.82) is 0 Å². The molecule has 1 aliphatic carbocycles. The van der Waals surface area contributed by atoms with Crippen molar-refractivity contribution in [3.8, 4) is 0 Å². The van der Waals surface area contributed by atoms with Gasteiger partial charge in [0.25, 0.3) is 0 Å². The molecule has 0 radical (unpaired) electrons. The smallest absolute Gasteiger partial charge is 0.178 e. The minimum atomic E-state index is 0.122. The number of hydrogen-bond donors (Lipinski definition) is 0. The number of thiophene rings is 1. The molecule has 3 rings (SSSR count). The molecule has 2 aliphatic rings. The van der Waals surface area contributed by atoms with E-state index < -0.39 is 0 Å². The average molecular weight is 250 g/mol. The van der Waals surface area contributed by atoms with E-state index in [2.05, 4.69) is 6.07 Å². The van der Waals surface area contributed by atoms with Gasteiger partial charge in [-0.2, -0.15) is 0 Å². The van der Waals surface area contributed by atoms with Crippen LogP contribution in [0.3, 0.4) is 0 Å². The lowest BCUT2D eigenvalue weighted by Gasteiger charge is -2.03. The maximum atomic E-state index is 12.3. The zero-order valence-corrected chi connectivity index (χ0v) is 10.9. The van der Waals surface area contributed by atoms with Crippen LogP contribution >= 0.6 is 11.3 Å². The topological polar surface area (TPSA) is 26.3 Å². The Morgan fingerprint density at radius 2 is 2.18 bits per heavy atom. The fraction of sp³-hybridized carbons (Fsp3) is 0.643. The van der Waals surface area contributed by atoms with E-state index in [0.717, 1.165) is 17.9 Å². The van der Waals surface area contributed by atoms with Crippen LogP contribution in [0.15, 0.2) is 6.07 Å². The molecule has 1 fully saturated rings. The van der Waals surface area contributed by atoms with Gasteiger partial charge < -0.3 is 4.74 Å². The van der Waals surface area contributed by atoms with E-state index in [1.807, 2.05) is 0 Å². The van der Waals surface area contributed by atoms with Crippen LogP contribution in [0.5, 0.6) is 0 Å². The van der Waals surface area contributed by atoms with Crippen LogP contribution in [0.25, 0.3) is 0 Å². The lowest BCUT2D eigenvalue weighted by Crippen LogP contribution is -2.13. The Balaban J connectivity index is 1.81. The summed E-state index contributed by atoms with van der Waals surface area (Å²) in [7, 11) is 0. The number of carbonyl (C=O) groups is 1. The van der Waals surface area contributed by atoms with Gasteiger partial charge in [0.1, 0.15) is 0 Å². The maximum absolute atomic E-state index is 12.3. The standard InChI is InChI=1S/C14H18O2S/c15-14(11-6-7-16-9-11)13-8-10-4-2-1-3-5-12(10)17-13/h8,11H,1-7,9H2. The third-order valence-electron chi connectivity index (χ3n) is 3.79. The molecule has 0 bridgehead atoms. The highest BCUT2D eigenvalue weighted by Gasteiger charge is 2.26. The van der Waals surface area contributed by atoms with Crippen molar-refractivity contribution in [2.24, 2.45) is 5.92 Å². The van der Waals surface area contributed by atoms with Gasteiger partial charge in [0.15, 0.2) is 5.78 Å². The fourth-order valence-electron chi connectivity index (χ4n) is 2.73. The van der Waals surface area contributed by atoms with E-state index in [4.69, 9.17) is 4.74 Å². The molecule has 92 valence electrons. The summed E-state index contributed by atoms with van der Waals surface area (Å²) in [6.07, 6.45) is 7.15. The summed E-state index contributed by atoms with van der Waals surface area (Å²) in [4.78, 5) is 14.7. The third-order valence-corrected chi connectivity index (χ3v) is 5.04. The Hall–Kier alpha value is -0.670. The summed E-state index contributed by atoms with van der Waals surface area (Å²) in [6.45, 7) is 1.38. The minimum Gasteiger partial charge on any atom is -0.381 e. The minimum absolute atomic E-state index is 0.122. The zero-order chi connectivity index (χ0) is 11.7. The quantitative estimate of drug-likeness (QED) is 0.595. The number of aryl methyl sites for hydroxylation is 2. The van der Waals surface area contributed by atoms with Crippen LogP contribution in [0.4, 0.5) is 0 Å². The van der Waals surface area contributed by atoms with Crippen LogP contribution in [-0.2, 0) is 17.6 Å². The van der Waals surface area contributed by atoms with Gasteiger partial charge in [-0.25, -0.2) is 0 Å². The Morgan fingerprint density at radius 3 is 3.00 bits per heavy atom. The predicted molar refractivity (Wildman–Crippen MR) is 68.8 cm³/mol. The van der Waals surface area contributed by atoms with Crippen molar-refractivity contribution in [1.82, 2.24) is 0 Å². The summed E-state index contributed by atoms with van der Waals surface area (Å²) in [6, 6.07) is 2.16. The molecule has 3 heteroatoms. The van der Waals surface area contributed by atoms with Gasteiger partial charge in [0, 0.05) is 17.4 Å². The summed E-state index contributed by atoms with van der Waals surface area (Å²) < 4.78 is 5.31. The monoisotopic (exact) mass is 250 g/mol. The molecule has 0 spiro atoms. The van der Waals surface area contributed by atoms with E-state index in [1.54, 1.807) is 11.3 Å². The van der Waals surface area contributed by atoms with Crippen LogP contribution in [0, 0.1) is 5.92 Å². The predicted octanol–water partition coefficient (Wildman–Crippen LogP) is 3.24. The van der Waals surface area contributed by atoms with Gasteiger partial charge in [-0.15, -0.1) is 11.3 Å². The van der Waals surface area contributed by atoms with Crippen molar-refractivity contribution in [3.05, 3.63) is 21.4 Å². The molecule has 0 N–H and O–H groups in total. The molecule has 2 heterocycles. The second-order valence-corrected chi connectivity index (χ2v) is 6.18. The summed E-state index contributed by atoms with van der Waals surface area (Å²) in [5, 5.41) is 0. The van der Waals surface area contributed by atoms with E-state index in [-0.39, 0.29) is 5.92 Å². The first kappa shape index (κ1) is 11.4. The van der Waals surface area contributed by atoms with E-state index >= 15 is 0 Å². The molecular weight excluding hydrogens is 232 g/mol. The lowest BCUT2D eigenvalue weighted by molar-refractivity contribution is 0.0904. The highest BCUT2D eigenvalue weighted by molar-refractivity contribution is 7.14. The van der Waals surface area contributed by atoms with Gasteiger partial charge in [0.2, 0.25) is 0 Å². The molecule has 0 amide bonds. The molecule has 1 saturated heterocycles. The SMILES string of the molecule is O=C(c1cc2c(s1)CCCCC2)C1CCOC1. The largest absolute Gasteiger partial charge is 0.381 e. The number of rotatable bonds is 2. The number of ketones is 1. The fourth-order valence-corrected chi connectivity index (χ4v) is 4.00. The summed E-state index contributed by atoms with van der Waals surface area (Å²) in [5.41, 5.74) is 1.44. The number of carbonyl (C=O) groups excluding carboxylic acids is 1. The summed E-state index contributed by atoms with van der Waals surface area (Å²) >= 11 is 1.74. The first-order valence-electron chi connectivity index (χ1n) is 6.58. The van der Waals surface area contributed by atoms with Crippen molar-refractivity contribution in [2.75, 3.05) is 13.2 Å². The van der Waals surface area contributed by atoms with Crippen LogP contribution in [0.1, 0.15) is 45.8 Å². The van der Waals surface area contributed by atoms with Crippen molar-refractivity contribution in [2.45, 2.75) is 38.5 Å². The molecule has 2 nitrogen and oxygen atoms in total. The molecular formula is C14H18O2S. The maximum Gasteiger partial charge on any atom is 0.178 e. The van der Waals surface area contributed by atoms with Crippen molar-refractivity contribution in [3.63, 3.8) is 0 Å². The highest BCUT2D eigenvalue weighted by Crippen LogP contribution is 2.31. The van der Waals surface area contributed by atoms with Crippen LogP contribution in [-0.4, -0.2) is 19.0 Å². The number of Topliss-reactive ketones (excluding diaryl/α,β-unsaturated/α-hetero) is 1. The first-order chi connectivity index (χ1) is 8.34. The van der Waals surface area contributed by atoms with E-state index in [0.29, 0.717) is 12.4 Å². The Morgan fingerprint density at radius 1 is 1.29 bits per heavy atom. The molecule has 1 aromatic rings. The molecule has 1 aromatic heterocycles. The van der Waals surface area contributed by atoms with Crippen molar-refractivity contribution < 1.29 is 9.53 Å². The number of ether oxygens (including phenoxy) is 1. The Kier molecular flexibility index (Phi) is 3.30. The van der Waals surface area contributed by atoms with Gasteiger partial charge >= 0.3 is 0 Å². The third kappa shape index (κ3) is 2.31. The molecule has 1 atom stereocenters. The number of hydrogen-bond acceptors (Lipinski definition) is 3. The second kappa shape index (κ2) is 4.91. The van der Waals surface area contributed by atoms with E-state index in [1.165, 1.54) is 42.5 Å². The van der Waals surface area contributed by atoms with Gasteiger partial charge in [-0.3, -0.25) is 4.79 Å². The zero-order valence-electron chi connectivity index (χ0n) is 10.0. The molecule has 0 saturated carbocycles. The number of fused-ring (bicyclic) bond motifs is 1. The highest BCUT2D eigenvalue weighted by atomic mass is 32.1. The van der Waals surface area contributed by atoms with E-state index in [9.17, 15) is 4.79 Å². The van der Waals surface area contributed by atoms with Gasteiger partial charge in [0.05, 0.1) is 11.5 Å².